The topological polar surface area (TPSA) is 39.1 Å². The van der Waals surface area contributed by atoms with Crippen molar-refractivity contribution in [3.05, 3.63) is 29.6 Å². The maximum absolute atomic E-state index is 12.9. The summed E-state index contributed by atoms with van der Waals surface area (Å²) in [5.41, 5.74) is 0.480. The zero-order valence-electron chi connectivity index (χ0n) is 14.0. The molecule has 0 amide bonds. The third kappa shape index (κ3) is 3.40. The number of nitrogens with zero attached hydrogens (tertiary/aromatic N) is 2. The maximum atomic E-state index is 12.9. The number of benzene rings is 1. The number of imidazole rings is 1. The molecule has 1 unspecified atom stereocenters. The molecule has 0 radical (unpaired) electrons. The molecule has 0 saturated heterocycles. The molecular weight excluding hydrogens is 331 g/mol. The molecule has 4 rings (SSSR count). The molecule has 7 heteroatoms. The zero-order valence-corrected chi connectivity index (χ0v) is 14.0. The lowest BCUT2D eigenvalue weighted by atomic mass is 9.95. The van der Waals surface area contributed by atoms with Crippen molar-refractivity contribution in [2.45, 2.75) is 57.0 Å². The molecule has 4 nitrogen and oxygen atoms in total. The van der Waals surface area contributed by atoms with Gasteiger partial charge in [0.15, 0.2) is 0 Å². The van der Waals surface area contributed by atoms with E-state index in [9.17, 15) is 13.2 Å². The van der Waals surface area contributed by atoms with Crippen molar-refractivity contribution < 1.29 is 17.9 Å². The van der Waals surface area contributed by atoms with E-state index in [1.807, 2.05) is 0 Å². The first-order valence-corrected chi connectivity index (χ1v) is 8.91. The van der Waals surface area contributed by atoms with E-state index in [2.05, 4.69) is 14.9 Å². The molecule has 1 aliphatic carbocycles. The number of rotatable bonds is 3. The fraction of sp³-hybridized carbons (Fsp3) is 0.611. The summed E-state index contributed by atoms with van der Waals surface area (Å²) in [5.74, 6) is 0.705. The number of fused-ring (bicyclic) bond motifs is 3. The summed E-state index contributed by atoms with van der Waals surface area (Å²) in [6, 6.07) is 4.40. The van der Waals surface area contributed by atoms with Crippen LogP contribution in [0.2, 0.25) is 0 Å². The van der Waals surface area contributed by atoms with Gasteiger partial charge >= 0.3 is 6.18 Å². The van der Waals surface area contributed by atoms with Gasteiger partial charge in [-0.15, -0.1) is 0 Å². The minimum Gasteiger partial charge on any atom is -0.371 e. The van der Waals surface area contributed by atoms with Crippen LogP contribution in [0.1, 0.15) is 49.5 Å². The Bertz CT molecular complexity index is 750. The Morgan fingerprint density at radius 3 is 2.76 bits per heavy atom. The number of alkyl halides is 3. The Morgan fingerprint density at radius 1 is 1.20 bits per heavy atom. The van der Waals surface area contributed by atoms with Crippen LogP contribution >= 0.6 is 0 Å². The largest absolute Gasteiger partial charge is 0.416 e. The molecule has 1 saturated carbocycles. The lowest BCUT2D eigenvalue weighted by molar-refractivity contribution is -0.137. The first-order chi connectivity index (χ1) is 12.0. The molecule has 25 heavy (non-hydrogen) atoms. The van der Waals surface area contributed by atoms with E-state index in [1.54, 1.807) is 0 Å². The van der Waals surface area contributed by atoms with Gasteiger partial charge in [0.25, 0.3) is 0 Å². The summed E-state index contributed by atoms with van der Waals surface area (Å²) in [7, 11) is 0. The fourth-order valence-corrected chi connectivity index (χ4v) is 3.95. The van der Waals surface area contributed by atoms with Gasteiger partial charge in [-0.25, -0.2) is 4.98 Å². The second kappa shape index (κ2) is 6.61. The third-order valence-electron chi connectivity index (χ3n) is 5.24. The van der Waals surface area contributed by atoms with Crippen LogP contribution in [-0.2, 0) is 17.5 Å². The van der Waals surface area contributed by atoms with E-state index in [-0.39, 0.29) is 6.04 Å². The molecular formula is C18H22F3N3O. The average Bonchev–Trinajstić information content (AvgIpc) is 2.98. The van der Waals surface area contributed by atoms with Crippen molar-refractivity contribution >= 4 is 11.0 Å². The van der Waals surface area contributed by atoms with Crippen molar-refractivity contribution in [1.29, 1.82) is 0 Å². The first kappa shape index (κ1) is 16.8. The molecule has 1 N–H and O–H groups in total. The van der Waals surface area contributed by atoms with Crippen LogP contribution < -0.4 is 5.32 Å². The molecule has 2 heterocycles. The fourth-order valence-electron chi connectivity index (χ4n) is 3.95. The van der Waals surface area contributed by atoms with Crippen LogP contribution in [0, 0.1) is 0 Å². The molecule has 0 spiro atoms. The Morgan fingerprint density at radius 2 is 2.00 bits per heavy atom. The molecule has 0 bridgehead atoms. The molecule has 1 atom stereocenters. The standard InChI is InChI=1S/C18H22F3N3O/c19-18(20,21)12-6-7-16-15(8-12)23-17-11-25-10-14(24(16)17)9-22-13-4-2-1-3-5-13/h6-8,13-14,22H,1-5,9-11H2. The smallest absolute Gasteiger partial charge is 0.371 e. The van der Waals surface area contributed by atoms with E-state index in [0.717, 1.165) is 24.2 Å². The number of hydrogen-bond donors (Lipinski definition) is 1. The third-order valence-corrected chi connectivity index (χ3v) is 5.24. The lowest BCUT2D eigenvalue weighted by Gasteiger charge is -2.30. The van der Waals surface area contributed by atoms with Crippen molar-refractivity contribution in [1.82, 2.24) is 14.9 Å². The van der Waals surface area contributed by atoms with Gasteiger partial charge in [-0.1, -0.05) is 19.3 Å². The molecule has 1 aromatic heterocycles. The number of nitrogens with one attached hydrogen (secondary N) is 1. The van der Waals surface area contributed by atoms with Gasteiger partial charge < -0.3 is 14.6 Å². The molecule has 1 aliphatic heterocycles. The molecule has 2 aliphatic rings. The molecule has 1 fully saturated rings. The lowest BCUT2D eigenvalue weighted by Crippen LogP contribution is -2.38. The highest BCUT2D eigenvalue weighted by molar-refractivity contribution is 5.77. The second-order valence-corrected chi connectivity index (χ2v) is 7.01. The van der Waals surface area contributed by atoms with Crippen molar-refractivity contribution in [3.8, 4) is 0 Å². The average molecular weight is 353 g/mol. The SMILES string of the molecule is FC(F)(F)c1ccc2c(c1)nc1n2C(CNC2CCCCC2)COC1. The normalized spacial score (nSPS) is 22.3. The van der Waals surface area contributed by atoms with Gasteiger partial charge in [0.05, 0.1) is 29.2 Å². The van der Waals surface area contributed by atoms with Crippen LogP contribution in [-0.4, -0.2) is 28.7 Å². The molecule has 136 valence electrons. The van der Waals surface area contributed by atoms with Gasteiger partial charge in [0.2, 0.25) is 0 Å². The number of ether oxygens (including phenoxy) is 1. The monoisotopic (exact) mass is 353 g/mol. The number of halogens is 3. The Balaban J connectivity index is 1.59. The summed E-state index contributed by atoms with van der Waals surface area (Å²) in [6.07, 6.45) is 1.87. The van der Waals surface area contributed by atoms with Gasteiger partial charge in [-0.05, 0) is 31.0 Å². The number of hydrogen-bond acceptors (Lipinski definition) is 3. The summed E-state index contributed by atoms with van der Waals surface area (Å²) in [4.78, 5) is 4.38. The van der Waals surface area contributed by atoms with Crippen molar-refractivity contribution in [2.75, 3.05) is 13.2 Å². The van der Waals surface area contributed by atoms with Gasteiger partial charge in [0, 0.05) is 12.6 Å². The highest BCUT2D eigenvalue weighted by atomic mass is 19.4. The summed E-state index contributed by atoms with van der Waals surface area (Å²) >= 11 is 0. The van der Waals surface area contributed by atoms with E-state index in [1.165, 1.54) is 38.2 Å². The van der Waals surface area contributed by atoms with Crippen LogP contribution in [0.4, 0.5) is 13.2 Å². The minimum absolute atomic E-state index is 0.0624. The van der Waals surface area contributed by atoms with Crippen LogP contribution in [0.15, 0.2) is 18.2 Å². The highest BCUT2D eigenvalue weighted by Crippen LogP contribution is 2.33. The van der Waals surface area contributed by atoms with Crippen LogP contribution in [0.3, 0.4) is 0 Å². The zero-order chi connectivity index (χ0) is 17.4. The molecule has 2 aromatic rings. The van der Waals surface area contributed by atoms with Gasteiger partial charge in [0.1, 0.15) is 12.4 Å². The quantitative estimate of drug-likeness (QED) is 0.905. The Hall–Kier alpha value is -1.60. The Labute approximate surface area is 144 Å². The van der Waals surface area contributed by atoms with Crippen LogP contribution in [0.5, 0.6) is 0 Å². The highest BCUT2D eigenvalue weighted by Gasteiger charge is 2.32. The van der Waals surface area contributed by atoms with E-state index < -0.39 is 11.7 Å². The van der Waals surface area contributed by atoms with E-state index in [4.69, 9.17) is 4.74 Å². The number of aromatic nitrogens is 2. The minimum atomic E-state index is -4.35. The van der Waals surface area contributed by atoms with Gasteiger partial charge in [-0.3, -0.25) is 0 Å². The summed E-state index contributed by atoms with van der Waals surface area (Å²) < 4.78 is 46.5. The molecule has 1 aromatic carbocycles. The Kier molecular flexibility index (Phi) is 4.45. The summed E-state index contributed by atoms with van der Waals surface area (Å²) in [5, 5.41) is 3.61. The first-order valence-electron chi connectivity index (χ1n) is 8.91. The maximum Gasteiger partial charge on any atom is 0.416 e. The van der Waals surface area contributed by atoms with E-state index >= 15 is 0 Å². The predicted octanol–water partition coefficient (Wildman–Crippen LogP) is 4.05. The summed E-state index contributed by atoms with van der Waals surface area (Å²) in [6.45, 7) is 1.65. The van der Waals surface area contributed by atoms with Crippen LogP contribution in [0.25, 0.3) is 11.0 Å². The predicted molar refractivity (Wildman–Crippen MR) is 88.3 cm³/mol. The van der Waals surface area contributed by atoms with Crippen molar-refractivity contribution in [3.63, 3.8) is 0 Å². The van der Waals surface area contributed by atoms with Crippen molar-refractivity contribution in [2.24, 2.45) is 0 Å². The second-order valence-electron chi connectivity index (χ2n) is 7.01. The van der Waals surface area contributed by atoms with E-state index in [0.29, 0.717) is 30.6 Å². The van der Waals surface area contributed by atoms with Gasteiger partial charge in [-0.2, -0.15) is 13.2 Å².